The minimum atomic E-state index is -0.790. The number of unbranched alkanes of at least 4 members (excludes halogenated alkanes) is 1. The minimum absolute atomic E-state index is 0.0365. The lowest BCUT2D eigenvalue weighted by Gasteiger charge is -2.41. The highest BCUT2D eigenvalue weighted by Crippen LogP contribution is 2.32. The van der Waals surface area contributed by atoms with Gasteiger partial charge in [-0.1, -0.05) is 92.1 Å². The molecule has 17 heteroatoms. The molecule has 17 nitrogen and oxygen atoms in total. The number of nitrogens with one attached hydrogen (secondary N) is 1. The number of amides is 4. The molecule has 1 saturated heterocycles. The van der Waals surface area contributed by atoms with Crippen molar-refractivity contribution in [2.24, 2.45) is 35.5 Å². The molecular formula is C58H96N4O13. The molecule has 0 radical (unpaired) electrons. The van der Waals surface area contributed by atoms with Gasteiger partial charge < -0.3 is 43.7 Å². The second-order valence-corrected chi connectivity index (χ2v) is 21.3. The number of nitrogens with zero attached hydrogens (tertiary/aromatic N) is 3. The topological polar surface area (TPSA) is 204 Å². The fourth-order valence-electron chi connectivity index (χ4n) is 10.5. The fourth-order valence-corrected chi connectivity index (χ4v) is 10.5. The molecule has 1 heterocycles. The summed E-state index contributed by atoms with van der Waals surface area (Å²) in [5.74, 6) is -4.59. The van der Waals surface area contributed by atoms with Crippen LogP contribution in [0.4, 0.5) is 0 Å². The lowest BCUT2D eigenvalue weighted by Crippen LogP contribution is -2.54. The number of benzene rings is 1. The molecule has 75 heavy (non-hydrogen) atoms. The molecule has 1 aliphatic rings. The standard InChI is InChI=1S/C58H96N4O13/c1-15-30-74-32-33-75-31-28-51(66)59-42(9)47(63)26-20-21-27-52(67)60(10)54(39(5)6)49(65)36-45(38(3)4)57(69)61(11)55(40(7)16-2)50(71-12)37-53(68)62-29-22-25-46(62)56(72-13)41(8)48(64)35-44(58(70)73-14)34-43-23-18-17-19-24-43/h17-19,23-24,38-42,44-46,50,54-56H,15-16,20-22,25-37H2,1-14H3,(H,59,66)/t40-,41-,42?,44+,45-,46-,50+,54-,55-,56+/m0/s1. The molecule has 10 atom stereocenters. The van der Waals surface area contributed by atoms with Crippen LogP contribution in [-0.2, 0) is 68.5 Å². The number of ketones is 3. The van der Waals surface area contributed by atoms with E-state index in [1.807, 2.05) is 78.8 Å². The Labute approximate surface area is 449 Å². The summed E-state index contributed by atoms with van der Waals surface area (Å²) in [5, 5.41) is 2.72. The van der Waals surface area contributed by atoms with Crippen LogP contribution >= 0.6 is 0 Å². The number of hydrogen-bond donors (Lipinski definition) is 1. The highest BCUT2D eigenvalue weighted by Gasteiger charge is 2.44. The summed E-state index contributed by atoms with van der Waals surface area (Å²) in [6, 6.07) is 7.07. The van der Waals surface area contributed by atoms with Crippen LogP contribution in [0.3, 0.4) is 0 Å². The average Bonchev–Trinajstić information content (AvgIpc) is 3.87. The molecule has 0 aliphatic carbocycles. The number of carbonyl (C=O) groups excluding carboxylic acids is 8. The quantitative estimate of drug-likeness (QED) is 0.0520. The van der Waals surface area contributed by atoms with E-state index in [4.69, 9.17) is 23.7 Å². The third-order valence-corrected chi connectivity index (χ3v) is 15.1. The lowest BCUT2D eigenvalue weighted by atomic mass is 9.83. The smallest absolute Gasteiger partial charge is 0.309 e. The summed E-state index contributed by atoms with van der Waals surface area (Å²) < 4.78 is 28.0. The van der Waals surface area contributed by atoms with Crippen LogP contribution in [0.5, 0.6) is 0 Å². The van der Waals surface area contributed by atoms with E-state index < -0.39 is 60.1 Å². The van der Waals surface area contributed by atoms with Crippen molar-refractivity contribution in [2.45, 2.75) is 182 Å². The van der Waals surface area contributed by atoms with E-state index in [2.05, 4.69) is 5.32 Å². The molecule has 1 unspecified atom stereocenters. The van der Waals surface area contributed by atoms with E-state index in [0.29, 0.717) is 64.9 Å². The van der Waals surface area contributed by atoms with Crippen molar-refractivity contribution >= 4 is 46.9 Å². The molecule has 1 aromatic rings. The fraction of sp³-hybridized carbons (Fsp3) is 0.759. The number of carbonyl (C=O) groups is 8. The highest BCUT2D eigenvalue weighted by atomic mass is 16.5. The maximum absolute atomic E-state index is 14.7. The number of ether oxygens (including phenoxy) is 5. The molecule has 1 N–H and O–H groups in total. The van der Waals surface area contributed by atoms with Gasteiger partial charge in [-0.2, -0.15) is 0 Å². The first-order valence-corrected chi connectivity index (χ1v) is 27.6. The Morgan fingerprint density at radius 2 is 1.36 bits per heavy atom. The Balaban J connectivity index is 2.12. The van der Waals surface area contributed by atoms with Gasteiger partial charge in [-0.05, 0) is 68.8 Å². The average molecular weight is 1060 g/mol. The van der Waals surface area contributed by atoms with Gasteiger partial charge in [0, 0.05) is 85.4 Å². The second kappa shape index (κ2) is 35.0. The number of likely N-dealkylation sites (N-methyl/N-ethyl adjacent to an activating group) is 2. The van der Waals surface area contributed by atoms with Gasteiger partial charge in [-0.3, -0.25) is 38.4 Å². The van der Waals surface area contributed by atoms with Gasteiger partial charge in [0.25, 0.3) is 0 Å². The summed E-state index contributed by atoms with van der Waals surface area (Å²) in [6.07, 6.45) is 3.05. The predicted molar refractivity (Wildman–Crippen MR) is 288 cm³/mol. The molecule has 1 aliphatic heterocycles. The van der Waals surface area contributed by atoms with Crippen molar-refractivity contribution in [3.63, 3.8) is 0 Å². The van der Waals surface area contributed by atoms with Crippen LogP contribution in [0.1, 0.15) is 145 Å². The van der Waals surface area contributed by atoms with Crippen LogP contribution < -0.4 is 5.32 Å². The molecule has 0 saturated carbocycles. The zero-order valence-corrected chi connectivity index (χ0v) is 48.2. The summed E-state index contributed by atoms with van der Waals surface area (Å²) in [6.45, 7) is 19.2. The van der Waals surface area contributed by atoms with Crippen molar-refractivity contribution in [2.75, 3.05) is 68.4 Å². The number of hydrogen-bond acceptors (Lipinski definition) is 13. The van der Waals surface area contributed by atoms with E-state index in [1.165, 1.54) is 26.2 Å². The van der Waals surface area contributed by atoms with Gasteiger partial charge in [-0.15, -0.1) is 0 Å². The van der Waals surface area contributed by atoms with Crippen molar-refractivity contribution in [1.29, 1.82) is 0 Å². The van der Waals surface area contributed by atoms with Crippen molar-refractivity contribution < 1.29 is 62.0 Å². The van der Waals surface area contributed by atoms with Crippen LogP contribution in [-0.4, -0.2) is 166 Å². The number of esters is 1. The maximum Gasteiger partial charge on any atom is 0.309 e. The summed E-state index contributed by atoms with van der Waals surface area (Å²) in [5.41, 5.74) is 0.916. The number of methoxy groups -OCH3 is 3. The van der Waals surface area contributed by atoms with Gasteiger partial charge in [0.15, 0.2) is 11.6 Å². The molecule has 1 aromatic carbocycles. The first-order chi connectivity index (χ1) is 35.6. The Hall–Kier alpha value is -4.58. The van der Waals surface area contributed by atoms with Gasteiger partial charge >= 0.3 is 5.97 Å². The first kappa shape index (κ1) is 66.5. The second-order valence-electron chi connectivity index (χ2n) is 21.3. The first-order valence-electron chi connectivity index (χ1n) is 27.6. The largest absolute Gasteiger partial charge is 0.469 e. The Bertz CT molecular complexity index is 1930. The van der Waals surface area contributed by atoms with Crippen molar-refractivity contribution in [1.82, 2.24) is 20.0 Å². The molecule has 0 spiro atoms. The Kier molecular flexibility index (Phi) is 31.0. The van der Waals surface area contributed by atoms with Gasteiger partial charge in [-0.25, -0.2) is 0 Å². The molecule has 2 rings (SSSR count). The predicted octanol–water partition coefficient (Wildman–Crippen LogP) is 7.08. The van der Waals surface area contributed by atoms with Crippen LogP contribution in [0, 0.1) is 35.5 Å². The maximum atomic E-state index is 14.7. The summed E-state index contributed by atoms with van der Waals surface area (Å²) in [4.78, 5) is 114. The third-order valence-electron chi connectivity index (χ3n) is 15.1. The monoisotopic (exact) mass is 1060 g/mol. The molecule has 4 amide bonds. The third kappa shape index (κ3) is 21.4. The number of rotatable bonds is 38. The highest BCUT2D eigenvalue weighted by molar-refractivity contribution is 5.93. The van der Waals surface area contributed by atoms with Gasteiger partial charge in [0.05, 0.1) is 75.6 Å². The Morgan fingerprint density at radius 1 is 0.720 bits per heavy atom. The van der Waals surface area contributed by atoms with E-state index in [1.54, 1.807) is 37.7 Å². The van der Waals surface area contributed by atoms with Gasteiger partial charge in [0.2, 0.25) is 23.6 Å². The molecular weight excluding hydrogens is 961 g/mol. The van der Waals surface area contributed by atoms with Crippen LogP contribution in [0.2, 0.25) is 0 Å². The van der Waals surface area contributed by atoms with E-state index in [0.717, 1.165) is 12.0 Å². The Morgan fingerprint density at radius 3 is 1.93 bits per heavy atom. The van der Waals surface area contributed by atoms with Crippen LogP contribution in [0.15, 0.2) is 30.3 Å². The van der Waals surface area contributed by atoms with Gasteiger partial charge in [0.1, 0.15) is 5.78 Å². The SMILES string of the molecule is CCCOCCOCCC(=O)NC(C)C(=O)CCCCC(=O)N(C)[C@H](C(=O)C[C@H](C(=O)N(C)[C@@H]([C@@H](C)CC)[C@@H](CC(=O)N1CCC[C@H]1[C@H](OC)[C@@H](C)C(=O)C[C@@H](Cc1ccccc1)C(=O)OC)OC)C(C)C)C(C)C. The van der Waals surface area contributed by atoms with Crippen LogP contribution in [0.25, 0.3) is 0 Å². The van der Waals surface area contributed by atoms with Crippen molar-refractivity contribution in [3.05, 3.63) is 35.9 Å². The molecule has 0 aromatic heterocycles. The lowest BCUT2D eigenvalue weighted by molar-refractivity contribution is -0.150. The number of likely N-dealkylation sites (tertiary alicyclic amines) is 1. The van der Waals surface area contributed by atoms with E-state index in [-0.39, 0.29) is 104 Å². The molecule has 426 valence electrons. The zero-order valence-electron chi connectivity index (χ0n) is 48.2. The number of Topliss-reactive ketones (excluding diaryl/α,β-unsaturated/α-hetero) is 3. The van der Waals surface area contributed by atoms with E-state index in [9.17, 15) is 38.4 Å². The molecule has 1 fully saturated rings. The summed E-state index contributed by atoms with van der Waals surface area (Å²) >= 11 is 0. The van der Waals surface area contributed by atoms with E-state index >= 15 is 0 Å². The van der Waals surface area contributed by atoms with Crippen molar-refractivity contribution in [3.8, 4) is 0 Å². The zero-order chi connectivity index (χ0) is 56.4. The minimum Gasteiger partial charge on any atom is -0.469 e. The molecule has 0 bridgehead atoms. The normalized spacial score (nSPS) is 17.3. The summed E-state index contributed by atoms with van der Waals surface area (Å²) in [7, 11) is 7.71.